The van der Waals surface area contributed by atoms with Crippen LogP contribution >= 0.6 is 0 Å². The molecule has 3 aromatic heterocycles. The number of hydrogen-bond acceptors (Lipinski definition) is 5. The van der Waals surface area contributed by atoms with E-state index in [-0.39, 0.29) is 12.5 Å². The van der Waals surface area contributed by atoms with Crippen LogP contribution in [0.2, 0.25) is 0 Å². The molecule has 8 heteroatoms. The van der Waals surface area contributed by atoms with Crippen molar-refractivity contribution in [3.05, 3.63) is 35.5 Å². The van der Waals surface area contributed by atoms with Gasteiger partial charge in [0.2, 0.25) is 0 Å². The quantitative estimate of drug-likeness (QED) is 0.721. The number of aliphatic hydroxyl groups excluding tert-OH is 1. The minimum absolute atomic E-state index is 0.000410. The van der Waals surface area contributed by atoms with Crippen LogP contribution in [0.1, 0.15) is 53.5 Å². The Morgan fingerprint density at radius 2 is 2.07 bits per heavy atom. The summed E-state index contributed by atoms with van der Waals surface area (Å²) < 4.78 is 3.83. The third-order valence-electron chi connectivity index (χ3n) is 5.33. The van der Waals surface area contributed by atoms with E-state index in [0.717, 1.165) is 29.7 Å². The van der Waals surface area contributed by atoms with Crippen LogP contribution in [-0.4, -0.2) is 41.9 Å². The summed E-state index contributed by atoms with van der Waals surface area (Å²) in [6.45, 7) is 4.10. The van der Waals surface area contributed by atoms with Crippen LogP contribution in [0.4, 0.5) is 5.69 Å². The number of carbonyl (C=O) groups is 1. The van der Waals surface area contributed by atoms with Gasteiger partial charge < -0.3 is 15.0 Å². The van der Waals surface area contributed by atoms with Crippen LogP contribution in [0.25, 0.3) is 11.2 Å². The fraction of sp³-hybridized carbons (Fsp3) is 0.474. The molecule has 0 aromatic carbocycles. The number of hydrogen-bond donors (Lipinski definition) is 2. The second-order valence-electron chi connectivity index (χ2n) is 7.10. The predicted molar refractivity (Wildman–Crippen MR) is 102 cm³/mol. The molecule has 3 aromatic rings. The Morgan fingerprint density at radius 1 is 1.30 bits per heavy atom. The predicted octanol–water partition coefficient (Wildman–Crippen LogP) is 2.60. The lowest BCUT2D eigenvalue weighted by molar-refractivity contribution is 0.102. The molecule has 3 heterocycles. The van der Waals surface area contributed by atoms with Crippen LogP contribution in [-0.2, 0) is 6.54 Å². The maximum Gasteiger partial charge on any atom is 0.257 e. The Labute approximate surface area is 157 Å². The summed E-state index contributed by atoms with van der Waals surface area (Å²) in [4.78, 5) is 21.7. The lowest BCUT2D eigenvalue weighted by atomic mass is 10.2. The number of rotatable bonds is 5. The van der Waals surface area contributed by atoms with Crippen molar-refractivity contribution in [3.8, 4) is 0 Å². The van der Waals surface area contributed by atoms with Gasteiger partial charge in [-0.15, -0.1) is 0 Å². The van der Waals surface area contributed by atoms with Crippen molar-refractivity contribution < 1.29 is 9.90 Å². The van der Waals surface area contributed by atoms with E-state index in [0.29, 0.717) is 29.5 Å². The smallest absolute Gasteiger partial charge is 0.257 e. The number of amides is 1. The SMILES string of the molecule is Cc1nn(CCO)c(C)c1NC(=O)c1cnc2c(c1)ncn2C1CCCC1. The van der Waals surface area contributed by atoms with Crippen molar-refractivity contribution in [1.82, 2.24) is 24.3 Å². The first-order valence-electron chi connectivity index (χ1n) is 9.37. The highest BCUT2D eigenvalue weighted by Gasteiger charge is 2.21. The van der Waals surface area contributed by atoms with E-state index >= 15 is 0 Å². The first-order chi connectivity index (χ1) is 13.1. The average Bonchev–Trinajstić information content (AvgIpc) is 3.37. The van der Waals surface area contributed by atoms with Gasteiger partial charge in [0.05, 0.1) is 42.1 Å². The Kier molecular flexibility index (Phi) is 4.65. The minimum atomic E-state index is -0.241. The van der Waals surface area contributed by atoms with Crippen molar-refractivity contribution in [2.45, 2.75) is 52.1 Å². The third kappa shape index (κ3) is 3.21. The summed E-state index contributed by atoms with van der Waals surface area (Å²) >= 11 is 0. The minimum Gasteiger partial charge on any atom is -0.394 e. The highest BCUT2D eigenvalue weighted by atomic mass is 16.3. The van der Waals surface area contributed by atoms with Gasteiger partial charge in [0.25, 0.3) is 5.91 Å². The van der Waals surface area contributed by atoms with E-state index < -0.39 is 0 Å². The number of nitrogens with zero attached hydrogens (tertiary/aromatic N) is 5. The molecule has 1 fully saturated rings. The molecule has 142 valence electrons. The van der Waals surface area contributed by atoms with Gasteiger partial charge in [-0.25, -0.2) is 9.97 Å². The van der Waals surface area contributed by atoms with Gasteiger partial charge >= 0.3 is 0 Å². The van der Waals surface area contributed by atoms with E-state index in [1.807, 2.05) is 20.2 Å². The Hall–Kier alpha value is -2.74. The van der Waals surface area contributed by atoms with Crippen molar-refractivity contribution >= 4 is 22.8 Å². The molecule has 2 N–H and O–H groups in total. The summed E-state index contributed by atoms with van der Waals surface area (Å²) in [6, 6.07) is 2.25. The van der Waals surface area contributed by atoms with Crippen molar-refractivity contribution in [2.75, 3.05) is 11.9 Å². The zero-order chi connectivity index (χ0) is 19.0. The molecule has 1 amide bonds. The van der Waals surface area contributed by atoms with Crippen molar-refractivity contribution in [3.63, 3.8) is 0 Å². The van der Waals surface area contributed by atoms with Crippen LogP contribution in [0.3, 0.4) is 0 Å². The number of fused-ring (bicyclic) bond motifs is 1. The first kappa shape index (κ1) is 17.7. The molecule has 4 rings (SSSR count). The largest absolute Gasteiger partial charge is 0.394 e. The fourth-order valence-corrected chi connectivity index (χ4v) is 3.87. The Balaban J connectivity index is 1.58. The molecule has 1 saturated carbocycles. The van der Waals surface area contributed by atoms with Crippen LogP contribution in [0.15, 0.2) is 18.6 Å². The van der Waals surface area contributed by atoms with Gasteiger partial charge in [0.15, 0.2) is 5.65 Å². The molecule has 0 unspecified atom stereocenters. The average molecular weight is 368 g/mol. The topological polar surface area (TPSA) is 97.9 Å². The Morgan fingerprint density at radius 3 is 2.81 bits per heavy atom. The number of aryl methyl sites for hydroxylation is 1. The highest BCUT2D eigenvalue weighted by Crippen LogP contribution is 2.31. The fourth-order valence-electron chi connectivity index (χ4n) is 3.87. The monoisotopic (exact) mass is 368 g/mol. The van der Waals surface area contributed by atoms with Gasteiger partial charge in [0, 0.05) is 12.2 Å². The number of nitrogens with one attached hydrogen (secondary N) is 1. The standard InChI is InChI=1S/C19H24N6O2/c1-12-17(13(2)25(23-12)7-8-26)22-19(27)14-9-16-18(20-10-14)24(11-21-16)15-5-3-4-6-15/h9-11,15,26H,3-8H2,1-2H3,(H,22,27). The summed E-state index contributed by atoms with van der Waals surface area (Å²) in [5.74, 6) is -0.241. The maximum atomic E-state index is 12.7. The number of carbonyl (C=O) groups excluding carboxylic acids is 1. The van der Waals surface area contributed by atoms with Crippen LogP contribution < -0.4 is 5.32 Å². The van der Waals surface area contributed by atoms with E-state index in [1.165, 1.54) is 12.8 Å². The normalized spacial score (nSPS) is 14.9. The molecule has 0 bridgehead atoms. The second-order valence-corrected chi connectivity index (χ2v) is 7.10. The zero-order valence-corrected chi connectivity index (χ0v) is 15.6. The molecular formula is C19H24N6O2. The third-order valence-corrected chi connectivity index (χ3v) is 5.33. The van der Waals surface area contributed by atoms with Crippen molar-refractivity contribution in [2.24, 2.45) is 0 Å². The van der Waals surface area contributed by atoms with E-state index in [9.17, 15) is 4.79 Å². The van der Waals surface area contributed by atoms with Crippen LogP contribution in [0.5, 0.6) is 0 Å². The number of aromatic nitrogens is 5. The zero-order valence-electron chi connectivity index (χ0n) is 15.6. The van der Waals surface area contributed by atoms with Gasteiger partial charge in [-0.2, -0.15) is 5.10 Å². The molecule has 0 aliphatic heterocycles. The van der Waals surface area contributed by atoms with Crippen LogP contribution in [0, 0.1) is 13.8 Å². The summed E-state index contributed by atoms with van der Waals surface area (Å²) in [7, 11) is 0. The molecule has 0 radical (unpaired) electrons. The summed E-state index contributed by atoms with van der Waals surface area (Å²) in [5, 5.41) is 16.4. The highest BCUT2D eigenvalue weighted by molar-refractivity contribution is 6.05. The number of anilines is 1. The molecule has 27 heavy (non-hydrogen) atoms. The molecule has 0 saturated heterocycles. The second kappa shape index (κ2) is 7.11. The Bertz CT molecular complexity index is 984. The van der Waals surface area contributed by atoms with Gasteiger partial charge in [-0.3, -0.25) is 9.48 Å². The molecular weight excluding hydrogens is 344 g/mol. The lowest BCUT2D eigenvalue weighted by Crippen LogP contribution is -2.14. The van der Waals surface area contributed by atoms with Crippen molar-refractivity contribution in [1.29, 1.82) is 0 Å². The lowest BCUT2D eigenvalue weighted by Gasteiger charge is -2.11. The number of pyridine rings is 1. The molecule has 0 atom stereocenters. The summed E-state index contributed by atoms with van der Waals surface area (Å²) in [6.07, 6.45) is 8.24. The van der Waals surface area contributed by atoms with E-state index in [4.69, 9.17) is 5.11 Å². The van der Waals surface area contributed by atoms with Gasteiger partial charge in [-0.05, 0) is 32.8 Å². The van der Waals surface area contributed by atoms with E-state index in [2.05, 4.69) is 25.0 Å². The molecule has 8 nitrogen and oxygen atoms in total. The summed E-state index contributed by atoms with van der Waals surface area (Å²) in [5.41, 5.74) is 4.24. The van der Waals surface area contributed by atoms with E-state index in [1.54, 1.807) is 16.9 Å². The van der Waals surface area contributed by atoms with Gasteiger partial charge in [-0.1, -0.05) is 12.8 Å². The first-order valence-corrected chi connectivity index (χ1v) is 9.37. The number of aliphatic hydroxyl groups is 1. The van der Waals surface area contributed by atoms with Gasteiger partial charge in [0.1, 0.15) is 5.52 Å². The maximum absolute atomic E-state index is 12.7. The number of imidazole rings is 1. The molecule has 0 spiro atoms. The molecule has 1 aliphatic rings. The molecule has 1 aliphatic carbocycles.